The molecule has 0 spiro atoms. The molecule has 2 aromatic rings. The fourth-order valence-electron chi connectivity index (χ4n) is 4.39. The number of hydrogen-bond donors (Lipinski definition) is 0. The van der Waals surface area contributed by atoms with Crippen LogP contribution in [0.25, 0.3) is 17.0 Å². The van der Waals surface area contributed by atoms with Gasteiger partial charge in [0.15, 0.2) is 0 Å². The van der Waals surface area contributed by atoms with E-state index >= 15 is 0 Å². The second-order valence-electron chi connectivity index (χ2n) is 8.18. The van der Waals surface area contributed by atoms with Gasteiger partial charge in [-0.05, 0) is 38.3 Å². The summed E-state index contributed by atoms with van der Waals surface area (Å²) in [6, 6.07) is 9.80. The SMILES string of the molecule is CC(C(=O)N1CCCCC1)N1CCN(C(=O)/C=C/c2cccc3cccnc23)CC1. The maximum atomic E-state index is 12.8. The number of piperidine rings is 1. The third-order valence-corrected chi connectivity index (χ3v) is 6.27. The van der Waals surface area contributed by atoms with Crippen molar-refractivity contribution in [2.45, 2.75) is 32.2 Å². The Morgan fingerprint density at radius 1 is 0.933 bits per heavy atom. The van der Waals surface area contributed by atoms with Crippen LogP contribution in [0.1, 0.15) is 31.7 Å². The topological polar surface area (TPSA) is 56.8 Å². The number of carbonyl (C=O) groups excluding carboxylic acids is 2. The molecule has 1 aromatic heterocycles. The zero-order chi connectivity index (χ0) is 20.9. The van der Waals surface area contributed by atoms with Crippen LogP contribution in [-0.2, 0) is 9.59 Å². The molecule has 0 saturated carbocycles. The first-order chi connectivity index (χ1) is 14.6. The number of benzene rings is 1. The number of para-hydroxylation sites is 1. The number of likely N-dealkylation sites (tertiary alicyclic amines) is 1. The average Bonchev–Trinajstić information content (AvgIpc) is 2.82. The molecule has 1 unspecified atom stereocenters. The Bertz CT molecular complexity index is 922. The number of nitrogens with zero attached hydrogens (tertiary/aromatic N) is 4. The van der Waals surface area contributed by atoms with E-state index in [9.17, 15) is 9.59 Å². The van der Waals surface area contributed by atoms with Crippen LogP contribution in [0.4, 0.5) is 0 Å². The second-order valence-corrected chi connectivity index (χ2v) is 8.18. The van der Waals surface area contributed by atoms with Crippen LogP contribution >= 0.6 is 0 Å². The molecule has 3 heterocycles. The summed E-state index contributed by atoms with van der Waals surface area (Å²) in [4.78, 5) is 36.0. The largest absolute Gasteiger partial charge is 0.341 e. The summed E-state index contributed by atoms with van der Waals surface area (Å²) in [5, 5.41) is 1.06. The summed E-state index contributed by atoms with van der Waals surface area (Å²) in [6.07, 6.45) is 8.71. The number of pyridine rings is 1. The maximum Gasteiger partial charge on any atom is 0.246 e. The lowest BCUT2D eigenvalue weighted by atomic mass is 10.1. The highest BCUT2D eigenvalue weighted by molar-refractivity contribution is 5.95. The summed E-state index contributed by atoms with van der Waals surface area (Å²) in [5.74, 6) is 0.246. The van der Waals surface area contributed by atoms with Crippen LogP contribution in [0.5, 0.6) is 0 Å². The molecule has 1 atom stereocenters. The molecule has 2 saturated heterocycles. The average molecular weight is 407 g/mol. The molecular weight excluding hydrogens is 376 g/mol. The van der Waals surface area contributed by atoms with Gasteiger partial charge >= 0.3 is 0 Å². The molecule has 0 bridgehead atoms. The smallest absolute Gasteiger partial charge is 0.246 e. The van der Waals surface area contributed by atoms with Gasteiger partial charge in [0, 0.05) is 62.5 Å². The van der Waals surface area contributed by atoms with Gasteiger partial charge in [-0.2, -0.15) is 0 Å². The summed E-state index contributed by atoms with van der Waals surface area (Å²) in [5.41, 5.74) is 1.85. The van der Waals surface area contributed by atoms with Gasteiger partial charge in [-0.25, -0.2) is 0 Å². The third-order valence-electron chi connectivity index (χ3n) is 6.27. The molecule has 1 aromatic carbocycles. The molecule has 2 aliphatic rings. The van der Waals surface area contributed by atoms with Crippen LogP contribution < -0.4 is 0 Å². The highest BCUT2D eigenvalue weighted by Gasteiger charge is 2.30. The molecule has 158 valence electrons. The predicted molar refractivity (Wildman–Crippen MR) is 119 cm³/mol. The minimum Gasteiger partial charge on any atom is -0.341 e. The van der Waals surface area contributed by atoms with E-state index in [2.05, 4.69) is 9.88 Å². The van der Waals surface area contributed by atoms with E-state index in [1.807, 2.05) is 53.1 Å². The monoisotopic (exact) mass is 406 g/mol. The number of carbonyl (C=O) groups is 2. The van der Waals surface area contributed by atoms with Gasteiger partial charge in [0.25, 0.3) is 0 Å². The van der Waals surface area contributed by atoms with Gasteiger partial charge < -0.3 is 9.80 Å². The Labute approximate surface area is 178 Å². The van der Waals surface area contributed by atoms with E-state index in [1.165, 1.54) is 6.42 Å². The van der Waals surface area contributed by atoms with Crippen molar-refractivity contribution >= 4 is 28.8 Å². The number of rotatable bonds is 4. The number of piperazine rings is 1. The number of fused-ring (bicyclic) bond motifs is 1. The minimum atomic E-state index is -0.113. The summed E-state index contributed by atoms with van der Waals surface area (Å²) in [6.45, 7) is 6.53. The van der Waals surface area contributed by atoms with Crippen LogP contribution in [0.2, 0.25) is 0 Å². The molecule has 2 amide bonds. The molecular formula is C24H30N4O2. The standard InChI is InChI=1S/C24H30N4O2/c1-19(24(30)28-13-3-2-4-14-28)26-15-17-27(18-16-26)22(29)11-10-21-8-5-7-20-9-6-12-25-23(20)21/h5-12,19H,2-4,13-18H2,1H3/b11-10+. The normalized spacial score (nSPS) is 19.4. The van der Waals surface area contributed by atoms with Crippen molar-refractivity contribution < 1.29 is 9.59 Å². The quantitative estimate of drug-likeness (QED) is 0.733. The molecule has 0 N–H and O–H groups in total. The highest BCUT2D eigenvalue weighted by atomic mass is 16.2. The second kappa shape index (κ2) is 9.39. The van der Waals surface area contributed by atoms with Crippen molar-refractivity contribution in [3.05, 3.63) is 48.2 Å². The van der Waals surface area contributed by atoms with Crippen LogP contribution in [0, 0.1) is 0 Å². The van der Waals surface area contributed by atoms with Crippen molar-refractivity contribution in [2.24, 2.45) is 0 Å². The van der Waals surface area contributed by atoms with E-state index < -0.39 is 0 Å². The maximum absolute atomic E-state index is 12.8. The van der Waals surface area contributed by atoms with E-state index in [1.54, 1.807) is 12.3 Å². The first-order valence-electron chi connectivity index (χ1n) is 11.0. The molecule has 0 radical (unpaired) electrons. The van der Waals surface area contributed by atoms with Gasteiger partial charge in [0.2, 0.25) is 11.8 Å². The zero-order valence-electron chi connectivity index (χ0n) is 17.7. The van der Waals surface area contributed by atoms with Gasteiger partial charge in [-0.3, -0.25) is 19.5 Å². The summed E-state index contributed by atoms with van der Waals surface area (Å²) in [7, 11) is 0. The van der Waals surface area contributed by atoms with E-state index in [4.69, 9.17) is 0 Å². The lowest BCUT2D eigenvalue weighted by Gasteiger charge is -2.39. The fourth-order valence-corrected chi connectivity index (χ4v) is 4.39. The molecule has 4 rings (SSSR count). The Kier molecular flexibility index (Phi) is 6.43. The molecule has 0 aliphatic carbocycles. The fraction of sp³-hybridized carbons (Fsp3) is 0.458. The summed E-state index contributed by atoms with van der Waals surface area (Å²) >= 11 is 0. The Balaban J connectivity index is 1.33. The van der Waals surface area contributed by atoms with Crippen LogP contribution in [0.15, 0.2) is 42.6 Å². The van der Waals surface area contributed by atoms with E-state index in [0.717, 1.165) is 55.5 Å². The molecule has 6 heteroatoms. The van der Waals surface area contributed by atoms with Crippen molar-refractivity contribution in [1.29, 1.82) is 0 Å². The molecule has 2 aliphatic heterocycles. The third kappa shape index (κ3) is 4.54. The molecule has 30 heavy (non-hydrogen) atoms. The molecule has 6 nitrogen and oxygen atoms in total. The van der Waals surface area contributed by atoms with Crippen molar-refractivity contribution in [2.75, 3.05) is 39.3 Å². The summed E-state index contributed by atoms with van der Waals surface area (Å²) < 4.78 is 0. The molecule has 2 fully saturated rings. The highest BCUT2D eigenvalue weighted by Crippen LogP contribution is 2.18. The van der Waals surface area contributed by atoms with Gasteiger partial charge in [-0.15, -0.1) is 0 Å². The van der Waals surface area contributed by atoms with Crippen LogP contribution in [-0.4, -0.2) is 76.8 Å². The minimum absolute atomic E-state index is 0.0117. The number of aromatic nitrogens is 1. The Morgan fingerprint density at radius 3 is 2.43 bits per heavy atom. The van der Waals surface area contributed by atoms with Gasteiger partial charge in [-0.1, -0.05) is 24.3 Å². The van der Waals surface area contributed by atoms with Gasteiger partial charge in [0.1, 0.15) is 0 Å². The van der Waals surface area contributed by atoms with Crippen molar-refractivity contribution in [3.63, 3.8) is 0 Å². The number of amides is 2. The first kappa shape index (κ1) is 20.5. The van der Waals surface area contributed by atoms with E-state index in [0.29, 0.717) is 13.1 Å². The Hall–Kier alpha value is -2.73. The van der Waals surface area contributed by atoms with Gasteiger partial charge in [0.05, 0.1) is 11.6 Å². The van der Waals surface area contributed by atoms with Crippen molar-refractivity contribution in [1.82, 2.24) is 19.7 Å². The lowest BCUT2D eigenvalue weighted by Crippen LogP contribution is -2.55. The Morgan fingerprint density at radius 2 is 1.67 bits per heavy atom. The first-order valence-corrected chi connectivity index (χ1v) is 11.0. The van der Waals surface area contributed by atoms with Crippen LogP contribution in [0.3, 0.4) is 0 Å². The number of hydrogen-bond acceptors (Lipinski definition) is 4. The van der Waals surface area contributed by atoms with E-state index in [-0.39, 0.29) is 17.9 Å². The lowest BCUT2D eigenvalue weighted by molar-refractivity contribution is -0.138. The zero-order valence-corrected chi connectivity index (χ0v) is 17.7. The predicted octanol–water partition coefficient (Wildman–Crippen LogP) is 2.79. The van der Waals surface area contributed by atoms with Crippen molar-refractivity contribution in [3.8, 4) is 0 Å².